The molecule has 5 heteroatoms. The number of carbonyl (C=O) groups is 1. The quantitative estimate of drug-likeness (QED) is 0.802. The molecular formula is C19H21N3O2. The molecule has 4 rings (SSSR count). The Morgan fingerprint density at radius 2 is 2.17 bits per heavy atom. The van der Waals surface area contributed by atoms with Crippen LogP contribution in [0.3, 0.4) is 0 Å². The van der Waals surface area contributed by atoms with Crippen molar-refractivity contribution in [1.82, 2.24) is 14.8 Å². The van der Waals surface area contributed by atoms with Gasteiger partial charge in [0.05, 0.1) is 12.8 Å². The minimum absolute atomic E-state index is 0.0445. The highest BCUT2D eigenvalue weighted by Crippen LogP contribution is 2.29. The van der Waals surface area contributed by atoms with Gasteiger partial charge in [-0.1, -0.05) is 12.1 Å². The summed E-state index contributed by atoms with van der Waals surface area (Å²) >= 11 is 0. The SMILES string of the molecule is CCn1cc2c3c(cccc31)CN(C(=O)NCc1ccco1)CC2. The number of hydrogen-bond donors (Lipinski definition) is 1. The molecule has 124 valence electrons. The lowest BCUT2D eigenvalue weighted by Crippen LogP contribution is -2.39. The van der Waals surface area contributed by atoms with Crippen LogP contribution < -0.4 is 5.32 Å². The first-order valence-corrected chi connectivity index (χ1v) is 8.41. The first-order chi connectivity index (χ1) is 11.8. The normalized spacial score (nSPS) is 14.0. The number of aromatic nitrogens is 1. The average molecular weight is 323 g/mol. The molecule has 0 unspecified atom stereocenters. The van der Waals surface area contributed by atoms with E-state index in [1.807, 2.05) is 17.0 Å². The lowest BCUT2D eigenvalue weighted by Gasteiger charge is -2.21. The van der Waals surface area contributed by atoms with E-state index in [1.165, 1.54) is 22.0 Å². The standard InChI is InChI=1S/C19H21N3O2/c1-2-21-12-15-8-9-22(13-14-5-3-7-17(21)18(14)15)19(23)20-11-16-6-4-10-24-16/h3-7,10,12H,2,8-9,11,13H2,1H3,(H,20,23). The van der Waals surface area contributed by atoms with Crippen LogP contribution in [0.4, 0.5) is 4.79 Å². The number of carbonyl (C=O) groups excluding carboxylic acids is 1. The molecule has 1 aromatic carbocycles. The van der Waals surface area contributed by atoms with Crippen molar-refractivity contribution < 1.29 is 9.21 Å². The second-order valence-corrected chi connectivity index (χ2v) is 6.16. The molecule has 0 saturated heterocycles. The van der Waals surface area contributed by atoms with Gasteiger partial charge in [-0.2, -0.15) is 0 Å². The highest BCUT2D eigenvalue weighted by atomic mass is 16.3. The summed E-state index contributed by atoms with van der Waals surface area (Å²) in [5.41, 5.74) is 3.83. The Labute approximate surface area is 140 Å². The Kier molecular flexibility index (Phi) is 3.76. The predicted molar refractivity (Wildman–Crippen MR) is 92.7 cm³/mol. The molecular weight excluding hydrogens is 302 g/mol. The number of nitrogens with one attached hydrogen (secondary N) is 1. The van der Waals surface area contributed by atoms with Gasteiger partial charge in [-0.25, -0.2) is 4.79 Å². The lowest BCUT2D eigenvalue weighted by molar-refractivity contribution is 0.195. The van der Waals surface area contributed by atoms with Crippen molar-refractivity contribution in [3.05, 3.63) is 59.7 Å². The van der Waals surface area contributed by atoms with Gasteiger partial charge in [0.1, 0.15) is 5.76 Å². The van der Waals surface area contributed by atoms with Crippen molar-refractivity contribution in [2.24, 2.45) is 0 Å². The third-order valence-corrected chi connectivity index (χ3v) is 4.71. The van der Waals surface area contributed by atoms with Crippen LogP contribution in [-0.4, -0.2) is 22.0 Å². The molecule has 0 radical (unpaired) electrons. The molecule has 1 aliphatic rings. The van der Waals surface area contributed by atoms with Gasteiger partial charge in [-0.3, -0.25) is 0 Å². The van der Waals surface area contributed by atoms with Gasteiger partial charge in [0.25, 0.3) is 0 Å². The Bertz CT molecular complexity index is 864. The number of rotatable bonds is 3. The maximum atomic E-state index is 12.5. The number of furan rings is 1. The number of aryl methyl sites for hydroxylation is 1. The number of hydrogen-bond acceptors (Lipinski definition) is 2. The Balaban J connectivity index is 1.56. The van der Waals surface area contributed by atoms with Crippen LogP contribution in [0.5, 0.6) is 0 Å². The zero-order chi connectivity index (χ0) is 16.5. The molecule has 0 fully saturated rings. The van der Waals surface area contributed by atoms with E-state index in [9.17, 15) is 4.79 Å². The van der Waals surface area contributed by atoms with E-state index in [1.54, 1.807) is 6.26 Å². The molecule has 1 aliphatic heterocycles. The van der Waals surface area contributed by atoms with Crippen molar-refractivity contribution in [2.75, 3.05) is 6.54 Å². The van der Waals surface area contributed by atoms with E-state index in [2.05, 4.69) is 41.2 Å². The Morgan fingerprint density at radius 3 is 2.96 bits per heavy atom. The Morgan fingerprint density at radius 1 is 1.25 bits per heavy atom. The van der Waals surface area contributed by atoms with Crippen LogP contribution in [0, 0.1) is 0 Å². The topological polar surface area (TPSA) is 50.4 Å². The van der Waals surface area contributed by atoms with Crippen LogP contribution in [0.25, 0.3) is 10.9 Å². The van der Waals surface area contributed by atoms with Gasteiger partial charge in [-0.05, 0) is 42.7 Å². The highest BCUT2D eigenvalue weighted by Gasteiger charge is 2.22. The summed E-state index contributed by atoms with van der Waals surface area (Å²) in [5, 5.41) is 4.26. The summed E-state index contributed by atoms with van der Waals surface area (Å²) in [4.78, 5) is 14.4. The molecule has 1 N–H and O–H groups in total. The number of urea groups is 1. The first kappa shape index (κ1) is 14.9. The molecule has 2 aromatic heterocycles. The smallest absolute Gasteiger partial charge is 0.318 e. The van der Waals surface area contributed by atoms with E-state index in [0.29, 0.717) is 13.1 Å². The van der Waals surface area contributed by atoms with Crippen molar-refractivity contribution in [3.8, 4) is 0 Å². The van der Waals surface area contributed by atoms with E-state index in [4.69, 9.17) is 4.42 Å². The molecule has 24 heavy (non-hydrogen) atoms. The number of nitrogens with zero attached hydrogens (tertiary/aromatic N) is 2. The largest absolute Gasteiger partial charge is 0.467 e. The van der Waals surface area contributed by atoms with Crippen molar-refractivity contribution in [1.29, 1.82) is 0 Å². The van der Waals surface area contributed by atoms with Crippen molar-refractivity contribution in [2.45, 2.75) is 33.0 Å². The van der Waals surface area contributed by atoms with Crippen LogP contribution in [0.1, 0.15) is 23.8 Å². The molecule has 0 atom stereocenters. The molecule has 0 spiro atoms. The maximum Gasteiger partial charge on any atom is 0.318 e. The van der Waals surface area contributed by atoms with Gasteiger partial charge >= 0.3 is 6.03 Å². The van der Waals surface area contributed by atoms with Gasteiger partial charge in [0.2, 0.25) is 0 Å². The zero-order valence-electron chi connectivity index (χ0n) is 13.8. The lowest BCUT2D eigenvalue weighted by atomic mass is 10.1. The molecule has 2 amide bonds. The monoisotopic (exact) mass is 323 g/mol. The molecule has 3 heterocycles. The fourth-order valence-corrected chi connectivity index (χ4v) is 3.50. The first-order valence-electron chi connectivity index (χ1n) is 8.41. The van der Waals surface area contributed by atoms with Crippen LogP contribution in [0.15, 0.2) is 47.2 Å². The second-order valence-electron chi connectivity index (χ2n) is 6.16. The van der Waals surface area contributed by atoms with Crippen molar-refractivity contribution in [3.63, 3.8) is 0 Å². The fraction of sp³-hybridized carbons (Fsp3) is 0.316. The molecule has 5 nitrogen and oxygen atoms in total. The summed E-state index contributed by atoms with van der Waals surface area (Å²) in [6.07, 6.45) is 4.74. The molecule has 3 aromatic rings. The average Bonchev–Trinajstić information content (AvgIpc) is 3.19. The number of benzene rings is 1. The van der Waals surface area contributed by atoms with Gasteiger partial charge in [0.15, 0.2) is 0 Å². The van der Waals surface area contributed by atoms with E-state index < -0.39 is 0 Å². The van der Waals surface area contributed by atoms with Crippen LogP contribution in [-0.2, 0) is 26.1 Å². The zero-order valence-corrected chi connectivity index (χ0v) is 13.8. The molecule has 0 aliphatic carbocycles. The van der Waals surface area contributed by atoms with Gasteiger partial charge < -0.3 is 19.2 Å². The van der Waals surface area contributed by atoms with Crippen LogP contribution >= 0.6 is 0 Å². The third kappa shape index (κ3) is 2.56. The molecule has 0 saturated carbocycles. The van der Waals surface area contributed by atoms with Crippen LogP contribution in [0.2, 0.25) is 0 Å². The van der Waals surface area contributed by atoms with Gasteiger partial charge in [0, 0.05) is 36.7 Å². The summed E-state index contributed by atoms with van der Waals surface area (Å²) in [6.45, 7) is 4.91. The minimum Gasteiger partial charge on any atom is -0.467 e. The second kappa shape index (κ2) is 6.07. The summed E-state index contributed by atoms with van der Waals surface area (Å²) in [6, 6.07) is 10.0. The summed E-state index contributed by atoms with van der Waals surface area (Å²) in [7, 11) is 0. The summed E-state index contributed by atoms with van der Waals surface area (Å²) < 4.78 is 7.56. The van der Waals surface area contributed by atoms with E-state index in [-0.39, 0.29) is 6.03 Å². The summed E-state index contributed by atoms with van der Waals surface area (Å²) in [5.74, 6) is 0.765. The number of amides is 2. The Hall–Kier alpha value is -2.69. The van der Waals surface area contributed by atoms with E-state index >= 15 is 0 Å². The predicted octanol–water partition coefficient (Wildman–Crippen LogP) is 3.52. The maximum absolute atomic E-state index is 12.5. The minimum atomic E-state index is -0.0445. The fourth-order valence-electron chi connectivity index (χ4n) is 3.50. The van der Waals surface area contributed by atoms with Crippen molar-refractivity contribution >= 4 is 16.9 Å². The highest BCUT2D eigenvalue weighted by molar-refractivity contribution is 5.88. The molecule has 0 bridgehead atoms. The third-order valence-electron chi connectivity index (χ3n) is 4.71. The van der Waals surface area contributed by atoms with Gasteiger partial charge in [-0.15, -0.1) is 0 Å². The van der Waals surface area contributed by atoms with E-state index in [0.717, 1.165) is 25.3 Å².